The summed E-state index contributed by atoms with van der Waals surface area (Å²) in [6.45, 7) is 0. The van der Waals surface area contributed by atoms with E-state index in [-0.39, 0.29) is 10.6 Å². The predicted octanol–water partition coefficient (Wildman–Crippen LogP) is 5.19. The maximum Gasteiger partial charge on any atom is 0.416 e. The predicted molar refractivity (Wildman–Crippen MR) is 55.7 cm³/mol. The average molecular weight is 298 g/mol. The molecule has 0 bridgehead atoms. The van der Waals surface area contributed by atoms with Gasteiger partial charge in [0.25, 0.3) is 0 Å². The first-order valence-electron chi connectivity index (χ1n) is 3.56. The highest BCUT2D eigenvalue weighted by Gasteiger charge is 2.33. The van der Waals surface area contributed by atoms with Crippen LogP contribution >= 0.6 is 46.4 Å². The van der Waals surface area contributed by atoms with Gasteiger partial charge in [0.15, 0.2) is 0 Å². The van der Waals surface area contributed by atoms with E-state index >= 15 is 0 Å². The van der Waals surface area contributed by atoms with E-state index in [2.05, 4.69) is 0 Å². The maximum absolute atomic E-state index is 12.2. The minimum absolute atomic E-state index is 0.0159. The number of hydrogen-bond donors (Lipinski definition) is 0. The van der Waals surface area contributed by atoms with Crippen LogP contribution in [-0.2, 0) is 9.97 Å². The number of hydrogen-bond acceptors (Lipinski definition) is 0. The Labute approximate surface area is 104 Å². The highest BCUT2D eigenvalue weighted by molar-refractivity contribution is 6.67. The molecule has 0 fully saturated rings. The van der Waals surface area contributed by atoms with Crippen molar-refractivity contribution in [1.29, 1.82) is 0 Å². The zero-order valence-electron chi connectivity index (χ0n) is 6.88. The molecule has 1 aromatic carbocycles. The first kappa shape index (κ1) is 13.2. The quantitative estimate of drug-likeness (QED) is 0.578. The first-order chi connectivity index (χ1) is 6.62. The molecule has 0 saturated carbocycles. The number of alkyl halides is 6. The summed E-state index contributed by atoms with van der Waals surface area (Å²) >= 11 is 22.1. The van der Waals surface area contributed by atoms with Gasteiger partial charge in [0.05, 0.1) is 5.56 Å². The van der Waals surface area contributed by atoms with Crippen molar-refractivity contribution in [2.75, 3.05) is 0 Å². The van der Waals surface area contributed by atoms with Crippen LogP contribution in [0.5, 0.6) is 0 Å². The van der Waals surface area contributed by atoms with Gasteiger partial charge in [-0.2, -0.15) is 13.2 Å². The van der Waals surface area contributed by atoms with Gasteiger partial charge in [-0.3, -0.25) is 0 Å². The summed E-state index contributed by atoms with van der Waals surface area (Å²) in [5, 5.41) is -0.232. The Hall–Kier alpha value is 0.170. The van der Waals surface area contributed by atoms with Gasteiger partial charge in [0.1, 0.15) is 0 Å². The van der Waals surface area contributed by atoms with E-state index in [0.717, 1.165) is 18.2 Å². The molecule has 0 aliphatic rings. The SMILES string of the molecule is FC(F)(F)c1ccc(C(Cl)(Cl)Cl)c(Cl)c1. The van der Waals surface area contributed by atoms with Crippen LogP contribution in [0.1, 0.15) is 11.1 Å². The molecule has 1 aromatic rings. The second-order valence-electron chi connectivity index (χ2n) is 2.69. The summed E-state index contributed by atoms with van der Waals surface area (Å²) in [5.41, 5.74) is -0.868. The molecule has 84 valence electrons. The second-order valence-corrected chi connectivity index (χ2v) is 5.38. The van der Waals surface area contributed by atoms with E-state index in [9.17, 15) is 13.2 Å². The number of benzene rings is 1. The molecule has 0 spiro atoms. The Morgan fingerprint density at radius 2 is 1.53 bits per heavy atom. The minimum atomic E-state index is -4.46. The molecule has 0 N–H and O–H groups in total. The third-order valence-corrected chi connectivity index (χ3v) is 2.53. The van der Waals surface area contributed by atoms with Crippen molar-refractivity contribution in [3.8, 4) is 0 Å². The fourth-order valence-corrected chi connectivity index (χ4v) is 1.88. The van der Waals surface area contributed by atoms with E-state index in [1.807, 2.05) is 0 Å². The lowest BCUT2D eigenvalue weighted by Gasteiger charge is -2.15. The molecule has 0 amide bonds. The number of rotatable bonds is 0. The molecule has 0 atom stereocenters. The molecule has 0 aliphatic heterocycles. The van der Waals surface area contributed by atoms with Crippen LogP contribution < -0.4 is 0 Å². The van der Waals surface area contributed by atoms with Crippen molar-refractivity contribution in [2.45, 2.75) is 9.97 Å². The van der Waals surface area contributed by atoms with Crippen molar-refractivity contribution in [1.82, 2.24) is 0 Å². The van der Waals surface area contributed by atoms with Gasteiger partial charge in [0.2, 0.25) is 3.79 Å². The van der Waals surface area contributed by atoms with Crippen LogP contribution in [0.2, 0.25) is 5.02 Å². The van der Waals surface area contributed by atoms with Crippen molar-refractivity contribution >= 4 is 46.4 Å². The van der Waals surface area contributed by atoms with Crippen LogP contribution in [0, 0.1) is 0 Å². The molecular weight excluding hydrogens is 295 g/mol. The fourth-order valence-electron chi connectivity index (χ4n) is 0.921. The van der Waals surface area contributed by atoms with Crippen LogP contribution in [0.3, 0.4) is 0 Å². The zero-order chi connectivity index (χ0) is 11.9. The molecule has 0 saturated heterocycles. The Kier molecular flexibility index (Phi) is 3.71. The Morgan fingerprint density at radius 1 is 1.00 bits per heavy atom. The second kappa shape index (κ2) is 4.21. The fraction of sp³-hybridized carbons (Fsp3) is 0.250. The third kappa shape index (κ3) is 3.31. The van der Waals surface area contributed by atoms with E-state index in [0.29, 0.717) is 0 Å². The van der Waals surface area contributed by atoms with Gasteiger partial charge in [-0.1, -0.05) is 52.5 Å². The highest BCUT2D eigenvalue weighted by Crippen LogP contribution is 2.43. The van der Waals surface area contributed by atoms with Gasteiger partial charge in [-0.15, -0.1) is 0 Å². The molecule has 15 heavy (non-hydrogen) atoms. The molecule has 0 nitrogen and oxygen atoms in total. The third-order valence-electron chi connectivity index (χ3n) is 1.60. The Bertz CT molecular complexity index is 367. The largest absolute Gasteiger partial charge is 0.416 e. The van der Waals surface area contributed by atoms with Crippen molar-refractivity contribution in [2.24, 2.45) is 0 Å². The highest BCUT2D eigenvalue weighted by atomic mass is 35.6. The summed E-state index contributed by atoms with van der Waals surface area (Å²) in [6, 6.07) is 2.57. The summed E-state index contributed by atoms with van der Waals surface area (Å²) in [5.74, 6) is 0. The lowest BCUT2D eigenvalue weighted by molar-refractivity contribution is -0.137. The van der Waals surface area contributed by atoms with E-state index < -0.39 is 15.5 Å². The summed E-state index contributed by atoms with van der Waals surface area (Å²) in [4.78, 5) is 0. The molecule has 0 heterocycles. The molecule has 0 unspecified atom stereocenters. The smallest absolute Gasteiger partial charge is 0.166 e. The van der Waals surface area contributed by atoms with Gasteiger partial charge < -0.3 is 0 Å². The van der Waals surface area contributed by atoms with Crippen molar-refractivity contribution in [3.05, 3.63) is 34.3 Å². The van der Waals surface area contributed by atoms with E-state index in [1.165, 1.54) is 0 Å². The molecular formula is C8H3Cl4F3. The van der Waals surface area contributed by atoms with Crippen molar-refractivity contribution < 1.29 is 13.2 Å². The average Bonchev–Trinajstić information content (AvgIpc) is 1.99. The first-order valence-corrected chi connectivity index (χ1v) is 5.07. The standard InChI is InChI=1S/C8H3Cl4F3/c9-6-3-4(8(13,14)15)1-2-5(6)7(10,11)12/h1-3H. The zero-order valence-corrected chi connectivity index (χ0v) is 9.90. The van der Waals surface area contributed by atoms with E-state index in [4.69, 9.17) is 46.4 Å². The van der Waals surface area contributed by atoms with E-state index in [1.54, 1.807) is 0 Å². The van der Waals surface area contributed by atoms with Gasteiger partial charge in [0, 0.05) is 10.6 Å². The minimum Gasteiger partial charge on any atom is -0.166 e. The summed E-state index contributed by atoms with van der Waals surface area (Å²) in [6.07, 6.45) is -4.46. The lowest BCUT2D eigenvalue weighted by atomic mass is 10.1. The van der Waals surface area contributed by atoms with Crippen LogP contribution in [0.4, 0.5) is 13.2 Å². The van der Waals surface area contributed by atoms with Gasteiger partial charge >= 0.3 is 6.18 Å². The normalized spacial score (nSPS) is 13.0. The van der Waals surface area contributed by atoms with Crippen molar-refractivity contribution in [3.63, 3.8) is 0 Å². The number of halogens is 7. The monoisotopic (exact) mass is 296 g/mol. The molecule has 7 heteroatoms. The van der Waals surface area contributed by atoms with Crippen LogP contribution in [-0.4, -0.2) is 0 Å². The summed E-state index contributed by atoms with van der Waals surface area (Å²) < 4.78 is 34.9. The topological polar surface area (TPSA) is 0 Å². The Balaban J connectivity index is 3.21. The lowest BCUT2D eigenvalue weighted by Crippen LogP contribution is -2.07. The Morgan fingerprint density at radius 3 is 1.87 bits per heavy atom. The molecule has 0 radical (unpaired) electrons. The van der Waals surface area contributed by atoms with Crippen LogP contribution in [0.15, 0.2) is 18.2 Å². The summed E-state index contributed by atoms with van der Waals surface area (Å²) in [7, 11) is 0. The van der Waals surface area contributed by atoms with Gasteiger partial charge in [-0.05, 0) is 12.1 Å². The van der Waals surface area contributed by atoms with Crippen LogP contribution in [0.25, 0.3) is 0 Å². The molecule has 0 aliphatic carbocycles. The maximum atomic E-state index is 12.2. The molecule has 1 rings (SSSR count). The van der Waals surface area contributed by atoms with Gasteiger partial charge in [-0.25, -0.2) is 0 Å². The molecule has 0 aromatic heterocycles.